The van der Waals surface area contributed by atoms with Crippen molar-refractivity contribution >= 4 is 28.2 Å². The topological polar surface area (TPSA) is 67.2 Å². The number of anilines is 1. The molecule has 3 aromatic rings. The molecule has 1 N–H and O–H groups in total. The Morgan fingerprint density at radius 1 is 1.07 bits per heavy atom. The van der Waals surface area contributed by atoms with E-state index < -0.39 is 17.8 Å². The highest BCUT2D eigenvalue weighted by atomic mass is 19.4. The molecule has 0 saturated heterocycles. The van der Waals surface area contributed by atoms with Gasteiger partial charge in [0.05, 0.1) is 11.6 Å². The minimum atomic E-state index is -4.59. The largest absolute Gasteiger partial charge is 0.433 e. The summed E-state index contributed by atoms with van der Waals surface area (Å²) in [4.78, 5) is 24.7. The number of carbonyl (C=O) groups excluding carboxylic acids is 1. The molecule has 2 unspecified atom stereocenters. The first-order valence-corrected chi connectivity index (χ1v) is 9.27. The fraction of sp³-hybridized carbons (Fsp3) is 0.182. The standard InChI is InChI=1S/C22H17F3N4O/c1-13-15(16-4-2-6-18-17(16)5-3-10-26-18)7-8-19(28-13)21(30)29-14-9-11-27-20(12-14)22(23,24)25/h2-13,15H,1H3,(H,27,29,30). The van der Waals surface area contributed by atoms with Gasteiger partial charge in [-0.2, -0.15) is 13.2 Å². The minimum absolute atomic E-state index is 0.00771. The van der Waals surface area contributed by atoms with Crippen molar-refractivity contribution in [3.8, 4) is 0 Å². The van der Waals surface area contributed by atoms with E-state index in [9.17, 15) is 18.0 Å². The zero-order valence-corrected chi connectivity index (χ0v) is 15.9. The van der Waals surface area contributed by atoms with Crippen LogP contribution in [0.2, 0.25) is 0 Å². The van der Waals surface area contributed by atoms with Crippen LogP contribution in [-0.2, 0) is 11.0 Å². The Morgan fingerprint density at radius 2 is 1.90 bits per heavy atom. The molecule has 5 nitrogen and oxygen atoms in total. The number of nitrogens with one attached hydrogen (secondary N) is 1. The summed E-state index contributed by atoms with van der Waals surface area (Å²) >= 11 is 0. The monoisotopic (exact) mass is 410 g/mol. The number of carbonyl (C=O) groups is 1. The Hall–Kier alpha value is -3.55. The normalized spacial score (nSPS) is 18.9. The number of hydrogen-bond donors (Lipinski definition) is 1. The molecular weight excluding hydrogens is 393 g/mol. The number of nitrogens with zero attached hydrogens (tertiary/aromatic N) is 3. The van der Waals surface area contributed by atoms with Crippen molar-refractivity contribution in [3.63, 3.8) is 0 Å². The van der Waals surface area contributed by atoms with E-state index in [1.807, 2.05) is 43.3 Å². The number of amides is 1. The molecule has 2 aromatic heterocycles. The molecule has 2 atom stereocenters. The van der Waals surface area contributed by atoms with Crippen LogP contribution < -0.4 is 5.32 Å². The first-order valence-electron chi connectivity index (χ1n) is 9.27. The van der Waals surface area contributed by atoms with Crippen molar-refractivity contribution in [2.75, 3.05) is 5.32 Å². The van der Waals surface area contributed by atoms with Gasteiger partial charge < -0.3 is 5.32 Å². The van der Waals surface area contributed by atoms with Gasteiger partial charge >= 0.3 is 6.18 Å². The van der Waals surface area contributed by atoms with Crippen LogP contribution in [0, 0.1) is 0 Å². The van der Waals surface area contributed by atoms with E-state index in [0.717, 1.165) is 28.7 Å². The number of dihydropyridines is 1. The molecule has 0 saturated carbocycles. The van der Waals surface area contributed by atoms with Gasteiger partial charge in [0.25, 0.3) is 5.91 Å². The summed E-state index contributed by atoms with van der Waals surface area (Å²) in [6.07, 6.45) is 1.64. The van der Waals surface area contributed by atoms with Crippen LogP contribution in [0.15, 0.2) is 72.0 Å². The molecule has 0 spiro atoms. The van der Waals surface area contributed by atoms with Gasteiger partial charge in [0, 0.05) is 29.4 Å². The van der Waals surface area contributed by atoms with Crippen LogP contribution in [0.25, 0.3) is 10.9 Å². The Kier molecular flexibility index (Phi) is 5.07. The molecule has 1 aliphatic rings. The van der Waals surface area contributed by atoms with Gasteiger partial charge in [-0.1, -0.05) is 24.3 Å². The van der Waals surface area contributed by atoms with Crippen LogP contribution in [0.3, 0.4) is 0 Å². The lowest BCUT2D eigenvalue weighted by atomic mass is 9.87. The quantitative estimate of drug-likeness (QED) is 0.676. The number of aromatic nitrogens is 2. The van der Waals surface area contributed by atoms with Gasteiger partial charge in [-0.3, -0.25) is 19.8 Å². The van der Waals surface area contributed by atoms with Crippen molar-refractivity contribution < 1.29 is 18.0 Å². The maximum absolute atomic E-state index is 12.8. The number of rotatable bonds is 3. The highest BCUT2D eigenvalue weighted by Gasteiger charge is 2.32. The summed E-state index contributed by atoms with van der Waals surface area (Å²) in [7, 11) is 0. The summed E-state index contributed by atoms with van der Waals surface area (Å²) in [5.41, 5.74) is 1.02. The predicted molar refractivity (Wildman–Crippen MR) is 108 cm³/mol. The van der Waals surface area contributed by atoms with Crippen molar-refractivity contribution in [1.29, 1.82) is 0 Å². The predicted octanol–water partition coefficient (Wildman–Crippen LogP) is 4.77. The number of alkyl halides is 3. The van der Waals surface area contributed by atoms with Crippen LogP contribution >= 0.6 is 0 Å². The van der Waals surface area contributed by atoms with Crippen LogP contribution in [-0.4, -0.2) is 27.6 Å². The average molecular weight is 410 g/mol. The molecule has 0 bridgehead atoms. The second-order valence-corrected chi connectivity index (χ2v) is 6.94. The van der Waals surface area contributed by atoms with Crippen LogP contribution in [0.4, 0.5) is 18.9 Å². The van der Waals surface area contributed by atoms with E-state index in [2.05, 4.69) is 20.3 Å². The molecule has 1 amide bonds. The molecule has 3 heterocycles. The molecule has 4 rings (SSSR count). The molecule has 0 fully saturated rings. The van der Waals surface area contributed by atoms with Crippen LogP contribution in [0.5, 0.6) is 0 Å². The van der Waals surface area contributed by atoms with Gasteiger partial charge in [-0.05, 0) is 42.8 Å². The third kappa shape index (κ3) is 3.94. The SMILES string of the molecule is CC1N=C(C(=O)Nc2ccnc(C(F)(F)F)c2)C=CC1c1cccc2ncccc12. The lowest BCUT2D eigenvalue weighted by Gasteiger charge is -2.23. The lowest BCUT2D eigenvalue weighted by Crippen LogP contribution is -2.27. The van der Waals surface area contributed by atoms with Crippen molar-refractivity contribution in [2.45, 2.75) is 25.1 Å². The summed E-state index contributed by atoms with van der Waals surface area (Å²) in [6, 6.07) is 11.6. The number of fused-ring (bicyclic) bond motifs is 1. The molecule has 1 aliphatic heterocycles. The Labute approximate surface area is 170 Å². The smallest absolute Gasteiger partial charge is 0.321 e. The Balaban J connectivity index is 1.54. The summed E-state index contributed by atoms with van der Waals surface area (Å²) in [5.74, 6) is -0.623. The van der Waals surface area contributed by atoms with E-state index in [1.54, 1.807) is 12.3 Å². The third-order valence-electron chi connectivity index (χ3n) is 4.90. The zero-order chi connectivity index (χ0) is 21.3. The molecule has 152 valence electrons. The van der Waals surface area contributed by atoms with Gasteiger partial charge in [0.1, 0.15) is 11.4 Å². The molecule has 0 radical (unpaired) electrons. The van der Waals surface area contributed by atoms with E-state index in [0.29, 0.717) is 0 Å². The van der Waals surface area contributed by atoms with E-state index in [4.69, 9.17) is 0 Å². The second kappa shape index (κ2) is 7.70. The van der Waals surface area contributed by atoms with Gasteiger partial charge in [0.15, 0.2) is 0 Å². The summed E-state index contributed by atoms with van der Waals surface area (Å²) < 4.78 is 38.4. The average Bonchev–Trinajstić information content (AvgIpc) is 2.73. The van der Waals surface area contributed by atoms with Crippen molar-refractivity contribution in [2.24, 2.45) is 4.99 Å². The van der Waals surface area contributed by atoms with Gasteiger partial charge in [-0.15, -0.1) is 0 Å². The van der Waals surface area contributed by atoms with E-state index in [-0.39, 0.29) is 23.4 Å². The zero-order valence-electron chi connectivity index (χ0n) is 15.9. The second-order valence-electron chi connectivity index (χ2n) is 6.94. The number of benzene rings is 1. The highest BCUT2D eigenvalue weighted by molar-refractivity contribution is 6.47. The fourth-order valence-corrected chi connectivity index (χ4v) is 3.47. The van der Waals surface area contributed by atoms with E-state index in [1.165, 1.54) is 6.07 Å². The molecule has 8 heteroatoms. The maximum Gasteiger partial charge on any atom is 0.433 e. The van der Waals surface area contributed by atoms with Gasteiger partial charge in [-0.25, -0.2) is 0 Å². The Bertz CT molecular complexity index is 1170. The maximum atomic E-state index is 12.8. The number of aliphatic imine (C=N–C) groups is 1. The Morgan fingerprint density at radius 3 is 2.67 bits per heavy atom. The minimum Gasteiger partial charge on any atom is -0.321 e. The van der Waals surface area contributed by atoms with Crippen LogP contribution in [0.1, 0.15) is 24.1 Å². The molecular formula is C22H17F3N4O. The summed E-state index contributed by atoms with van der Waals surface area (Å²) in [5, 5.41) is 3.47. The lowest BCUT2D eigenvalue weighted by molar-refractivity contribution is -0.141. The first-order chi connectivity index (χ1) is 14.3. The van der Waals surface area contributed by atoms with Gasteiger partial charge in [0.2, 0.25) is 0 Å². The highest BCUT2D eigenvalue weighted by Crippen LogP contribution is 2.32. The molecule has 0 aliphatic carbocycles. The molecule has 1 aromatic carbocycles. The number of halogens is 3. The number of hydrogen-bond acceptors (Lipinski definition) is 4. The fourth-order valence-electron chi connectivity index (χ4n) is 3.47. The van der Waals surface area contributed by atoms with E-state index >= 15 is 0 Å². The summed E-state index contributed by atoms with van der Waals surface area (Å²) in [6.45, 7) is 1.89. The molecule has 30 heavy (non-hydrogen) atoms. The number of pyridine rings is 2. The van der Waals surface area contributed by atoms with Crippen molar-refractivity contribution in [1.82, 2.24) is 9.97 Å². The van der Waals surface area contributed by atoms with Crippen molar-refractivity contribution in [3.05, 3.63) is 78.3 Å². The first kappa shape index (κ1) is 19.8. The third-order valence-corrected chi connectivity index (χ3v) is 4.90.